The monoisotopic (exact) mass is 372 g/mol. The van der Waals surface area contributed by atoms with Crippen molar-refractivity contribution in [3.8, 4) is 0 Å². The summed E-state index contributed by atoms with van der Waals surface area (Å²) < 4.78 is 2.37. The summed E-state index contributed by atoms with van der Waals surface area (Å²) in [6.07, 6.45) is 1.50. The Labute approximate surface area is 140 Å². The van der Waals surface area contributed by atoms with Gasteiger partial charge < -0.3 is 5.11 Å². The van der Waals surface area contributed by atoms with E-state index in [1.54, 1.807) is 36.4 Å². The molecule has 0 spiro atoms. The first-order valence-electron chi connectivity index (χ1n) is 6.97. The fraction of sp³-hybridized carbons (Fsp3) is 0.118. The number of fused-ring (bicyclic) bond motifs is 1. The highest BCUT2D eigenvalue weighted by atomic mass is 79.9. The highest BCUT2D eigenvalue weighted by Gasteiger charge is 2.14. The van der Waals surface area contributed by atoms with E-state index in [0.29, 0.717) is 10.9 Å². The second-order valence-corrected chi connectivity index (χ2v) is 6.14. The molecular formula is C17H13BrN2O3. The number of halogens is 1. The Morgan fingerprint density at radius 1 is 1.26 bits per heavy atom. The van der Waals surface area contributed by atoms with E-state index >= 15 is 0 Å². The predicted molar refractivity (Wildman–Crippen MR) is 90.9 cm³/mol. The number of hydrogen-bond acceptors (Lipinski definition) is 3. The first kappa shape index (κ1) is 15.4. The summed E-state index contributed by atoms with van der Waals surface area (Å²) in [5.74, 6) is -0.993. The van der Waals surface area contributed by atoms with Crippen molar-refractivity contribution in [3.63, 3.8) is 0 Å². The van der Waals surface area contributed by atoms with Crippen molar-refractivity contribution in [3.05, 3.63) is 74.7 Å². The van der Waals surface area contributed by atoms with Crippen molar-refractivity contribution in [2.75, 3.05) is 0 Å². The van der Waals surface area contributed by atoms with E-state index in [-0.39, 0.29) is 17.2 Å². The molecule has 0 aliphatic carbocycles. The van der Waals surface area contributed by atoms with Crippen molar-refractivity contribution >= 4 is 32.8 Å². The molecule has 2 aromatic carbocycles. The number of aromatic carboxylic acids is 1. The maximum absolute atomic E-state index is 12.7. The Morgan fingerprint density at radius 2 is 2.04 bits per heavy atom. The average Bonchev–Trinajstić information content (AvgIpc) is 2.54. The molecule has 1 aromatic heterocycles. The summed E-state index contributed by atoms with van der Waals surface area (Å²) in [5, 5.41) is 9.62. The van der Waals surface area contributed by atoms with Crippen molar-refractivity contribution in [2.24, 2.45) is 0 Å². The molecule has 1 N–H and O–H groups in total. The molecule has 3 aromatic rings. The zero-order valence-corrected chi connectivity index (χ0v) is 13.8. The molecule has 23 heavy (non-hydrogen) atoms. The van der Waals surface area contributed by atoms with Gasteiger partial charge in [-0.2, -0.15) is 0 Å². The normalized spacial score (nSPS) is 12.3. The smallest absolute Gasteiger partial charge is 0.335 e. The van der Waals surface area contributed by atoms with Gasteiger partial charge in [-0.05, 0) is 42.8 Å². The fourth-order valence-electron chi connectivity index (χ4n) is 2.48. The topological polar surface area (TPSA) is 72.2 Å². The molecule has 6 heteroatoms. The Morgan fingerprint density at radius 3 is 2.78 bits per heavy atom. The number of carbonyl (C=O) groups is 1. The molecule has 1 heterocycles. The number of carboxylic acids is 1. The Kier molecular flexibility index (Phi) is 4.00. The maximum Gasteiger partial charge on any atom is 0.335 e. The maximum atomic E-state index is 12.7. The molecule has 1 atom stereocenters. The second kappa shape index (κ2) is 5.96. The van der Waals surface area contributed by atoms with E-state index in [1.807, 2.05) is 6.92 Å². The van der Waals surface area contributed by atoms with Crippen LogP contribution in [0.1, 0.15) is 28.9 Å². The molecule has 3 rings (SSSR count). The molecule has 0 aliphatic heterocycles. The van der Waals surface area contributed by atoms with Gasteiger partial charge in [0.05, 0.1) is 28.8 Å². The van der Waals surface area contributed by atoms with Crippen LogP contribution >= 0.6 is 15.9 Å². The van der Waals surface area contributed by atoms with Crippen LogP contribution in [0.4, 0.5) is 0 Å². The molecule has 0 saturated carbocycles. The largest absolute Gasteiger partial charge is 0.478 e. The van der Waals surface area contributed by atoms with Crippen molar-refractivity contribution < 1.29 is 9.90 Å². The molecule has 116 valence electrons. The summed E-state index contributed by atoms with van der Waals surface area (Å²) in [5.41, 5.74) is 1.40. The summed E-state index contributed by atoms with van der Waals surface area (Å²) in [6, 6.07) is 11.6. The fourth-order valence-corrected chi connectivity index (χ4v) is 2.83. The van der Waals surface area contributed by atoms with Gasteiger partial charge in [-0.1, -0.05) is 28.1 Å². The lowest BCUT2D eigenvalue weighted by molar-refractivity contribution is 0.0696. The third kappa shape index (κ3) is 2.90. The minimum Gasteiger partial charge on any atom is -0.478 e. The van der Waals surface area contributed by atoms with Gasteiger partial charge in [0.25, 0.3) is 5.56 Å². The number of nitrogens with zero attached hydrogens (tertiary/aromatic N) is 2. The van der Waals surface area contributed by atoms with E-state index in [2.05, 4.69) is 20.9 Å². The molecule has 0 amide bonds. The number of benzene rings is 2. The van der Waals surface area contributed by atoms with Crippen LogP contribution in [0.15, 0.2) is 58.1 Å². The van der Waals surface area contributed by atoms with Crippen LogP contribution in [0, 0.1) is 0 Å². The lowest BCUT2D eigenvalue weighted by Crippen LogP contribution is -2.24. The summed E-state index contributed by atoms with van der Waals surface area (Å²) in [7, 11) is 0. The van der Waals surface area contributed by atoms with E-state index in [0.717, 1.165) is 10.0 Å². The van der Waals surface area contributed by atoms with Crippen LogP contribution < -0.4 is 5.56 Å². The Hall–Kier alpha value is -2.47. The van der Waals surface area contributed by atoms with Crippen molar-refractivity contribution in [2.45, 2.75) is 13.0 Å². The van der Waals surface area contributed by atoms with Crippen LogP contribution in [-0.4, -0.2) is 20.6 Å². The summed E-state index contributed by atoms with van der Waals surface area (Å²) >= 11 is 3.36. The van der Waals surface area contributed by atoms with Crippen LogP contribution in [-0.2, 0) is 0 Å². The van der Waals surface area contributed by atoms with Crippen LogP contribution in [0.3, 0.4) is 0 Å². The van der Waals surface area contributed by atoms with E-state index in [1.165, 1.54) is 17.0 Å². The third-order valence-corrected chi connectivity index (χ3v) is 4.27. The average molecular weight is 373 g/mol. The molecule has 5 nitrogen and oxygen atoms in total. The van der Waals surface area contributed by atoms with E-state index in [4.69, 9.17) is 5.11 Å². The van der Waals surface area contributed by atoms with Crippen molar-refractivity contribution in [1.29, 1.82) is 0 Å². The molecule has 0 radical (unpaired) electrons. The zero-order chi connectivity index (χ0) is 16.6. The minimum atomic E-state index is -0.993. The van der Waals surface area contributed by atoms with Crippen LogP contribution in [0.2, 0.25) is 0 Å². The first-order chi connectivity index (χ1) is 11.0. The minimum absolute atomic E-state index is 0.157. The molecule has 0 bridgehead atoms. The first-order valence-corrected chi connectivity index (χ1v) is 7.76. The molecule has 1 unspecified atom stereocenters. The summed E-state index contributed by atoms with van der Waals surface area (Å²) in [4.78, 5) is 28.1. The highest BCUT2D eigenvalue weighted by Crippen LogP contribution is 2.20. The van der Waals surface area contributed by atoms with Gasteiger partial charge in [0.2, 0.25) is 0 Å². The van der Waals surface area contributed by atoms with Gasteiger partial charge in [-0.15, -0.1) is 0 Å². The SMILES string of the molecule is CC(c1cccc(C(=O)O)c1)n1cnc2cc(Br)ccc2c1=O. The lowest BCUT2D eigenvalue weighted by atomic mass is 10.0. The zero-order valence-electron chi connectivity index (χ0n) is 12.2. The number of carboxylic acid groups (broad SMARTS) is 1. The quantitative estimate of drug-likeness (QED) is 0.763. The van der Waals surface area contributed by atoms with Crippen molar-refractivity contribution in [1.82, 2.24) is 9.55 Å². The highest BCUT2D eigenvalue weighted by molar-refractivity contribution is 9.10. The third-order valence-electron chi connectivity index (χ3n) is 3.78. The second-order valence-electron chi connectivity index (χ2n) is 5.23. The number of aromatic nitrogens is 2. The summed E-state index contributed by atoms with van der Waals surface area (Å²) in [6.45, 7) is 1.84. The van der Waals surface area contributed by atoms with Gasteiger partial charge in [-0.3, -0.25) is 9.36 Å². The molecule has 0 aliphatic rings. The lowest BCUT2D eigenvalue weighted by Gasteiger charge is -2.16. The van der Waals surface area contributed by atoms with Gasteiger partial charge in [-0.25, -0.2) is 9.78 Å². The molecule has 0 fully saturated rings. The standard InChI is InChI=1S/C17H13BrN2O3/c1-10(11-3-2-4-12(7-11)17(22)23)20-9-19-15-8-13(18)5-6-14(15)16(20)21/h2-10H,1H3,(H,22,23). The van der Waals surface area contributed by atoms with Gasteiger partial charge >= 0.3 is 5.97 Å². The van der Waals surface area contributed by atoms with Gasteiger partial charge in [0, 0.05) is 4.47 Å². The Balaban J connectivity index is 2.11. The van der Waals surface area contributed by atoms with Crippen LogP contribution in [0.5, 0.6) is 0 Å². The van der Waals surface area contributed by atoms with Gasteiger partial charge in [0.15, 0.2) is 0 Å². The molecule has 0 saturated heterocycles. The van der Waals surface area contributed by atoms with Crippen LogP contribution in [0.25, 0.3) is 10.9 Å². The van der Waals surface area contributed by atoms with Gasteiger partial charge in [0.1, 0.15) is 0 Å². The Bertz CT molecular complexity index is 965. The number of hydrogen-bond donors (Lipinski definition) is 1. The van der Waals surface area contributed by atoms with E-state index in [9.17, 15) is 9.59 Å². The number of rotatable bonds is 3. The van der Waals surface area contributed by atoms with E-state index < -0.39 is 5.97 Å². The molecular weight excluding hydrogens is 360 g/mol. The predicted octanol–water partition coefficient (Wildman–Crippen LogP) is 3.47.